The van der Waals surface area contributed by atoms with Gasteiger partial charge in [0.05, 0.1) is 5.69 Å². The number of H-pyrrole nitrogens is 5. The molecule has 15 nitrogen and oxygen atoms in total. The van der Waals surface area contributed by atoms with E-state index in [0.29, 0.717) is 17.3 Å². The van der Waals surface area contributed by atoms with E-state index in [0.717, 1.165) is 64.4 Å². The molecular weight excluding hydrogens is 462 g/mol. The van der Waals surface area contributed by atoms with Crippen LogP contribution in [-0.4, -0.2) is 71.8 Å². The number of nitrogens with one attached hydrogen (secondary N) is 5. The Morgan fingerprint density at radius 3 is 1.78 bits per heavy atom. The van der Waals surface area contributed by atoms with E-state index in [9.17, 15) is 0 Å². The molecule has 3 aliphatic carbocycles. The summed E-state index contributed by atoms with van der Waals surface area (Å²) in [6.07, 6.45) is 14.8. The Balaban J connectivity index is 0.000000101. The highest BCUT2D eigenvalue weighted by Crippen LogP contribution is 2.26. The molecular formula is C21H17N15. The van der Waals surface area contributed by atoms with Gasteiger partial charge in [-0.15, -0.1) is 20.4 Å². The topological polar surface area (TPSA) is 219 Å². The Morgan fingerprint density at radius 2 is 1.25 bits per heavy atom. The lowest BCUT2D eigenvalue weighted by Gasteiger charge is -1.87. The molecule has 0 saturated heterocycles. The van der Waals surface area contributed by atoms with Crippen molar-refractivity contribution in [2.24, 2.45) is 0 Å². The van der Waals surface area contributed by atoms with Crippen LogP contribution in [0.2, 0.25) is 0 Å². The van der Waals surface area contributed by atoms with Crippen molar-refractivity contribution in [3.05, 3.63) is 57.7 Å². The Labute approximate surface area is 201 Å². The minimum Gasteiger partial charge on any atom is -0.281 e. The molecule has 3 aliphatic rings. The predicted molar refractivity (Wildman–Crippen MR) is 125 cm³/mol. The van der Waals surface area contributed by atoms with Crippen molar-refractivity contribution in [3.8, 4) is 29.1 Å². The van der Waals surface area contributed by atoms with Crippen molar-refractivity contribution in [2.45, 2.75) is 19.3 Å². The normalized spacial score (nSPS) is 13.4. The number of aromatic nitrogens is 14. The second kappa shape index (κ2) is 9.02. The number of rotatable bonds is 2. The lowest BCUT2D eigenvalue weighted by atomic mass is 10.2. The third kappa shape index (κ3) is 3.77. The first-order valence-electron chi connectivity index (χ1n) is 10.9. The number of aromatic amines is 5. The molecule has 0 unspecified atom stereocenters. The fourth-order valence-corrected chi connectivity index (χ4v) is 4.01. The summed E-state index contributed by atoms with van der Waals surface area (Å²) in [5, 5.41) is 56.5. The number of nitriles is 1. The van der Waals surface area contributed by atoms with Gasteiger partial charge in [0.2, 0.25) is 11.6 Å². The summed E-state index contributed by atoms with van der Waals surface area (Å²) < 4.78 is 0. The molecule has 15 heteroatoms. The maximum absolute atomic E-state index is 8.53. The highest BCUT2D eigenvalue weighted by molar-refractivity contribution is 5.72. The summed E-state index contributed by atoms with van der Waals surface area (Å²) in [6.45, 7) is 0. The monoisotopic (exact) mass is 479 g/mol. The maximum Gasteiger partial charge on any atom is 0.225 e. The van der Waals surface area contributed by atoms with Crippen LogP contribution in [0.3, 0.4) is 0 Å². The van der Waals surface area contributed by atoms with E-state index in [2.05, 4.69) is 84.0 Å². The van der Waals surface area contributed by atoms with E-state index >= 15 is 0 Å². The van der Waals surface area contributed by atoms with Gasteiger partial charge in [0.1, 0.15) is 17.5 Å². The number of tetrazole rings is 2. The van der Waals surface area contributed by atoms with Gasteiger partial charge in [-0.1, -0.05) is 30.4 Å². The summed E-state index contributed by atoms with van der Waals surface area (Å²) in [4.78, 5) is 0. The molecule has 0 aromatic carbocycles. The van der Waals surface area contributed by atoms with Crippen molar-refractivity contribution >= 4 is 18.2 Å². The van der Waals surface area contributed by atoms with Crippen LogP contribution in [0.4, 0.5) is 0 Å². The van der Waals surface area contributed by atoms with Gasteiger partial charge in [0, 0.05) is 40.9 Å². The van der Waals surface area contributed by atoms with Gasteiger partial charge in [-0.3, -0.25) is 15.3 Å². The van der Waals surface area contributed by atoms with Crippen molar-refractivity contribution in [2.75, 3.05) is 0 Å². The lowest BCUT2D eigenvalue weighted by Crippen LogP contribution is -1.83. The first-order valence-corrected chi connectivity index (χ1v) is 10.9. The fraction of sp³-hybridized carbons (Fsp3) is 0.143. The Morgan fingerprint density at radius 1 is 0.667 bits per heavy atom. The summed E-state index contributed by atoms with van der Waals surface area (Å²) >= 11 is 0. The molecule has 36 heavy (non-hydrogen) atoms. The molecule has 0 fully saturated rings. The van der Waals surface area contributed by atoms with Crippen LogP contribution in [0.15, 0.2) is 18.2 Å². The summed E-state index contributed by atoms with van der Waals surface area (Å²) in [7, 11) is 0. The zero-order valence-electron chi connectivity index (χ0n) is 18.6. The lowest BCUT2D eigenvalue weighted by molar-refractivity contribution is 0.881. The van der Waals surface area contributed by atoms with E-state index in [1.165, 1.54) is 0 Å². The summed E-state index contributed by atoms with van der Waals surface area (Å²) in [6, 6.07) is 2.02. The number of allylic oxidation sites excluding steroid dienone is 3. The molecule has 0 atom stereocenters. The van der Waals surface area contributed by atoms with E-state index in [4.69, 9.17) is 5.26 Å². The quantitative estimate of drug-likeness (QED) is 0.243. The van der Waals surface area contributed by atoms with Crippen LogP contribution in [-0.2, 0) is 19.3 Å². The molecule has 5 heterocycles. The largest absolute Gasteiger partial charge is 0.281 e. The minimum absolute atomic E-state index is 0.528. The summed E-state index contributed by atoms with van der Waals surface area (Å²) in [5.41, 5.74) is 8.43. The zero-order valence-corrected chi connectivity index (χ0v) is 18.6. The molecule has 5 N–H and O–H groups in total. The molecule has 0 aliphatic heterocycles. The molecule has 176 valence electrons. The Bertz CT molecular complexity index is 1530. The zero-order chi connectivity index (χ0) is 24.3. The second-order valence-electron chi connectivity index (χ2n) is 7.80. The van der Waals surface area contributed by atoms with E-state index < -0.39 is 0 Å². The van der Waals surface area contributed by atoms with Crippen LogP contribution in [0.1, 0.15) is 39.5 Å². The molecule has 0 saturated carbocycles. The smallest absolute Gasteiger partial charge is 0.225 e. The number of hydrogen-bond donors (Lipinski definition) is 5. The molecule has 5 aromatic rings. The first kappa shape index (κ1) is 21.0. The maximum atomic E-state index is 8.53. The molecule has 8 rings (SSSR count). The number of hydrogen-bond acceptors (Lipinski definition) is 10. The SMILES string of the molecule is C1=Cc2c(-c3nn[nH]n3)n[nH]c2C1.C1=Cc2c(-c3nn[nH]n3)n[nH]c2C1.N#Cc1n[nH]c2c1CC=C2. The van der Waals surface area contributed by atoms with Crippen LogP contribution < -0.4 is 0 Å². The number of fused-ring (bicyclic) bond motifs is 3. The van der Waals surface area contributed by atoms with Gasteiger partial charge in [-0.2, -0.15) is 31.0 Å². The van der Waals surface area contributed by atoms with Crippen LogP contribution in [0, 0.1) is 11.3 Å². The molecule has 5 aromatic heterocycles. The third-order valence-corrected chi connectivity index (χ3v) is 5.70. The van der Waals surface area contributed by atoms with Gasteiger partial charge in [-0.05, 0) is 22.9 Å². The van der Waals surface area contributed by atoms with Crippen molar-refractivity contribution in [3.63, 3.8) is 0 Å². The molecule has 0 amide bonds. The van der Waals surface area contributed by atoms with Crippen molar-refractivity contribution < 1.29 is 0 Å². The molecule has 0 bridgehead atoms. The van der Waals surface area contributed by atoms with Gasteiger partial charge in [0.25, 0.3) is 0 Å². The van der Waals surface area contributed by atoms with Crippen molar-refractivity contribution in [1.29, 1.82) is 5.26 Å². The molecule has 0 spiro atoms. The highest BCUT2D eigenvalue weighted by Gasteiger charge is 2.19. The van der Waals surface area contributed by atoms with Gasteiger partial charge in [0.15, 0.2) is 5.69 Å². The predicted octanol–water partition coefficient (Wildman–Crippen LogP) is 1.17. The van der Waals surface area contributed by atoms with E-state index in [-0.39, 0.29) is 0 Å². The van der Waals surface area contributed by atoms with Gasteiger partial charge < -0.3 is 0 Å². The van der Waals surface area contributed by atoms with Crippen LogP contribution in [0.25, 0.3) is 41.3 Å². The minimum atomic E-state index is 0.528. The van der Waals surface area contributed by atoms with Crippen LogP contribution >= 0.6 is 0 Å². The number of nitrogens with zero attached hydrogens (tertiary/aromatic N) is 10. The van der Waals surface area contributed by atoms with Crippen LogP contribution in [0.5, 0.6) is 0 Å². The summed E-state index contributed by atoms with van der Waals surface area (Å²) in [5.74, 6) is 1.06. The average molecular weight is 479 g/mol. The Kier molecular flexibility index (Phi) is 5.27. The third-order valence-electron chi connectivity index (χ3n) is 5.70. The van der Waals surface area contributed by atoms with Crippen molar-refractivity contribution in [1.82, 2.24) is 71.8 Å². The first-order chi connectivity index (χ1) is 17.8. The Hall–Kier alpha value is -5.52. The van der Waals surface area contributed by atoms with Gasteiger partial charge in [-0.25, -0.2) is 0 Å². The second-order valence-corrected chi connectivity index (χ2v) is 7.80. The standard InChI is InChI=1S/2C7H6N6.C7H5N3/c2*1-2-4-5(3-1)8-9-6(4)7-10-12-13-11-7;8-4-7-5-2-1-3-6(5)9-10-7/h2*1-2H,3H2,(H,8,9)(H,10,11,12,13);1,3H,2H2,(H,9,10). The average Bonchev–Trinajstić information content (AvgIpc) is 3.73. The fourth-order valence-electron chi connectivity index (χ4n) is 4.01. The van der Waals surface area contributed by atoms with Gasteiger partial charge >= 0.3 is 0 Å². The van der Waals surface area contributed by atoms with E-state index in [1.807, 2.05) is 30.4 Å². The molecule has 0 radical (unpaired) electrons. The van der Waals surface area contributed by atoms with E-state index in [1.54, 1.807) is 0 Å². The highest BCUT2D eigenvalue weighted by atomic mass is 15.5.